The van der Waals surface area contributed by atoms with E-state index in [1.807, 2.05) is 11.8 Å². The maximum Gasteiger partial charge on any atom is 0.319 e. The predicted molar refractivity (Wildman–Crippen MR) is 264 cm³/mol. The summed E-state index contributed by atoms with van der Waals surface area (Å²) in [6, 6.07) is 9.32. The van der Waals surface area contributed by atoms with Crippen molar-refractivity contribution in [3.63, 3.8) is 0 Å². The van der Waals surface area contributed by atoms with E-state index in [2.05, 4.69) is 30.3 Å². The third-order valence-corrected chi connectivity index (χ3v) is 18.1. The van der Waals surface area contributed by atoms with E-state index in [9.17, 15) is 14.7 Å². The predicted octanol–water partition coefficient (Wildman–Crippen LogP) is 7.84. The molecule has 384 valence electrons. The Hall–Kier alpha value is -5.72. The molecule has 9 aliphatic rings. The molecule has 3 aromatic carbocycles. The van der Waals surface area contributed by atoms with Gasteiger partial charge in [-0.2, -0.15) is 9.97 Å². The second-order valence-electron chi connectivity index (χ2n) is 23.1. The van der Waals surface area contributed by atoms with Gasteiger partial charge in [0.05, 0.1) is 17.9 Å². The number of aryl methyl sites for hydroxylation is 1. The van der Waals surface area contributed by atoms with Crippen LogP contribution in [-0.4, -0.2) is 130 Å². The molecule has 9 heterocycles. The Bertz CT molecular complexity index is 3040. The number of piperazine rings is 2. The number of likely N-dealkylation sites (tertiary alicyclic amines) is 1. The fourth-order valence-electron chi connectivity index (χ4n) is 14.0. The van der Waals surface area contributed by atoms with Crippen LogP contribution in [0.4, 0.5) is 33.5 Å². The van der Waals surface area contributed by atoms with Crippen LogP contribution in [0.3, 0.4) is 0 Å². The highest BCUT2D eigenvalue weighted by Gasteiger charge is 2.55. The third kappa shape index (κ3) is 8.33. The van der Waals surface area contributed by atoms with Gasteiger partial charge in [0.1, 0.15) is 45.9 Å². The quantitative estimate of drug-likeness (QED) is 0.0830. The van der Waals surface area contributed by atoms with Gasteiger partial charge in [0, 0.05) is 111 Å². The highest BCUT2D eigenvalue weighted by Crippen LogP contribution is 2.53. The summed E-state index contributed by atoms with van der Waals surface area (Å²) >= 11 is 0. The van der Waals surface area contributed by atoms with Crippen LogP contribution in [0.1, 0.15) is 94.6 Å². The normalized spacial score (nSPS) is 27.1. The Morgan fingerprint density at radius 3 is 2.25 bits per heavy atom. The number of nitrogens with one attached hydrogen (secondary N) is 2. The minimum absolute atomic E-state index is 0.0292. The first-order valence-electron chi connectivity index (χ1n) is 26.3. The summed E-state index contributed by atoms with van der Waals surface area (Å²) in [6.45, 7) is 7.67. The van der Waals surface area contributed by atoms with Crippen LogP contribution < -0.4 is 25.2 Å². The first-order chi connectivity index (χ1) is 35.1. The highest BCUT2D eigenvalue weighted by molar-refractivity contribution is 6.02. The minimum atomic E-state index is -1.30. The number of fused-ring (bicyclic) bond motifs is 6. The summed E-state index contributed by atoms with van der Waals surface area (Å²) in [4.78, 5) is 47.2. The van der Waals surface area contributed by atoms with Crippen LogP contribution in [0.5, 0.6) is 11.8 Å². The standard InChI is InChI=1S/C55H60F5N9O4/c1-2-37-41(56)7-3-30-15-36(70)19-39(45(30)37)48-47(59)49-40(20-61-48)50(68-21-31-4-5-32(22-68)62-31)65-52(64-49)73-29-54(9-10-54)27-66-25-53(26-66)11-13-55(60,14-12-53)28-69-34-16-35(69)24-67(23-34)33-17-42(57)46(43(58)18-33)38-6-8-44(71)63-51(38)72/h3,7,15,17-20,31-32,34-35,38,62,70H,2,4-6,8-14,16,21-29H2,1H3,(H,63,71,72). The number of hydrogen-bond acceptors (Lipinski definition) is 12. The summed E-state index contributed by atoms with van der Waals surface area (Å²) in [5.41, 5.74) is -0.506. The number of rotatable bonds is 12. The number of benzene rings is 3. The fraction of sp³-hybridized carbons (Fsp3) is 0.545. The van der Waals surface area contributed by atoms with Gasteiger partial charge in [-0.15, -0.1) is 0 Å². The number of alkyl halides is 1. The minimum Gasteiger partial charge on any atom is -0.508 e. The molecule has 5 atom stereocenters. The average molecular weight is 1010 g/mol. The number of imide groups is 1. The van der Waals surface area contributed by atoms with Crippen LogP contribution >= 0.6 is 0 Å². The van der Waals surface area contributed by atoms with E-state index in [-0.39, 0.29) is 81.9 Å². The zero-order valence-electron chi connectivity index (χ0n) is 41.0. The molecule has 1 spiro atoms. The van der Waals surface area contributed by atoms with Crippen molar-refractivity contribution in [2.75, 3.05) is 68.8 Å². The Kier molecular flexibility index (Phi) is 11.2. The van der Waals surface area contributed by atoms with E-state index >= 15 is 22.0 Å². The van der Waals surface area contributed by atoms with Gasteiger partial charge in [-0.3, -0.25) is 24.8 Å². The van der Waals surface area contributed by atoms with Gasteiger partial charge < -0.3 is 29.9 Å². The second-order valence-corrected chi connectivity index (χ2v) is 23.1. The van der Waals surface area contributed by atoms with Crippen LogP contribution in [0.2, 0.25) is 0 Å². The van der Waals surface area contributed by atoms with E-state index in [0.717, 1.165) is 64.6 Å². The lowest BCUT2D eigenvalue weighted by Gasteiger charge is -2.60. The number of hydrogen-bond donors (Lipinski definition) is 3. The van der Waals surface area contributed by atoms with E-state index in [0.29, 0.717) is 91.8 Å². The monoisotopic (exact) mass is 1010 g/mol. The smallest absolute Gasteiger partial charge is 0.319 e. The Labute approximate surface area is 419 Å². The van der Waals surface area contributed by atoms with Crippen LogP contribution in [0.25, 0.3) is 32.9 Å². The Balaban J connectivity index is 0.652. The zero-order valence-corrected chi connectivity index (χ0v) is 41.0. The van der Waals surface area contributed by atoms with Crippen molar-refractivity contribution in [1.29, 1.82) is 0 Å². The summed E-state index contributed by atoms with van der Waals surface area (Å²) in [7, 11) is 0. The van der Waals surface area contributed by atoms with Crippen LogP contribution in [0, 0.1) is 34.1 Å². The molecule has 7 aliphatic heterocycles. The van der Waals surface area contributed by atoms with Crippen molar-refractivity contribution < 1.29 is 41.4 Å². The van der Waals surface area contributed by atoms with Crippen LogP contribution in [-0.2, 0) is 16.0 Å². The molecule has 13 nitrogen and oxygen atoms in total. The molecular weight excluding hydrogens is 946 g/mol. The summed E-state index contributed by atoms with van der Waals surface area (Å²) < 4.78 is 86.4. The highest BCUT2D eigenvalue weighted by atomic mass is 19.2. The number of carbonyl (C=O) groups excluding carboxylic acids is 2. The van der Waals surface area contributed by atoms with Gasteiger partial charge in [-0.05, 0) is 123 Å². The van der Waals surface area contributed by atoms with Crippen molar-refractivity contribution in [3.8, 4) is 23.0 Å². The lowest BCUT2D eigenvalue weighted by Crippen LogP contribution is -2.71. The number of anilines is 2. The summed E-state index contributed by atoms with van der Waals surface area (Å²) in [5.74, 6) is -4.39. The Morgan fingerprint density at radius 1 is 0.836 bits per heavy atom. The third-order valence-electron chi connectivity index (χ3n) is 18.1. The molecule has 2 aliphatic carbocycles. The Morgan fingerprint density at radius 2 is 1.56 bits per heavy atom. The number of ether oxygens (including phenoxy) is 1. The molecule has 3 N–H and O–H groups in total. The van der Waals surface area contributed by atoms with Crippen LogP contribution in [0.15, 0.2) is 42.6 Å². The number of halogens is 5. The number of piperidine rings is 2. The van der Waals surface area contributed by atoms with E-state index < -0.39 is 46.7 Å². The molecule has 0 radical (unpaired) electrons. The van der Waals surface area contributed by atoms with Crippen molar-refractivity contribution >= 4 is 45.0 Å². The van der Waals surface area contributed by atoms with Gasteiger partial charge in [0.15, 0.2) is 5.82 Å². The summed E-state index contributed by atoms with van der Waals surface area (Å²) in [6.07, 6.45) is 9.61. The van der Waals surface area contributed by atoms with Crippen molar-refractivity contribution in [3.05, 3.63) is 77.0 Å². The number of aromatic hydroxyl groups is 1. The molecule has 9 fully saturated rings. The van der Waals surface area contributed by atoms with Crippen molar-refractivity contribution in [2.45, 2.75) is 120 Å². The van der Waals surface area contributed by atoms with E-state index in [1.54, 1.807) is 18.3 Å². The van der Waals surface area contributed by atoms with E-state index in [1.165, 1.54) is 24.3 Å². The van der Waals surface area contributed by atoms with E-state index in [4.69, 9.17) is 14.7 Å². The first-order valence-corrected chi connectivity index (χ1v) is 26.3. The van der Waals surface area contributed by atoms with Gasteiger partial charge in [0.2, 0.25) is 11.8 Å². The topological polar surface area (TPSA) is 139 Å². The average Bonchev–Trinajstić information content (AvgIpc) is 4.05. The zero-order chi connectivity index (χ0) is 50.1. The largest absolute Gasteiger partial charge is 0.508 e. The molecule has 7 saturated heterocycles. The molecule has 73 heavy (non-hydrogen) atoms. The van der Waals surface area contributed by atoms with Gasteiger partial charge in [-0.1, -0.05) is 13.0 Å². The molecule has 5 aromatic rings. The van der Waals surface area contributed by atoms with Gasteiger partial charge >= 0.3 is 6.01 Å². The van der Waals surface area contributed by atoms with Crippen molar-refractivity contribution in [2.24, 2.45) is 10.8 Å². The molecule has 2 aromatic heterocycles. The fourth-order valence-corrected chi connectivity index (χ4v) is 14.0. The number of phenolic OH excluding ortho intramolecular Hbond substituents is 1. The molecule has 18 heteroatoms. The number of carbonyl (C=O) groups is 2. The summed E-state index contributed by atoms with van der Waals surface area (Å²) in [5, 5.41) is 18.1. The first kappa shape index (κ1) is 47.0. The number of amides is 2. The lowest BCUT2D eigenvalue weighted by molar-refractivity contribution is -0.134. The number of aromatic nitrogens is 3. The lowest BCUT2D eigenvalue weighted by atomic mass is 9.64. The molecule has 2 amide bonds. The molecule has 14 rings (SSSR count). The maximum atomic E-state index is 17.2. The molecule has 5 unspecified atom stereocenters. The van der Waals surface area contributed by atoms with Gasteiger partial charge in [-0.25, -0.2) is 22.0 Å². The SMILES string of the molecule is CCc1c(F)ccc2cc(O)cc(-c3ncc4c(N5CC6CCC(C5)N6)nc(OCC5(CN6CC7(CCC(F)(CN8C9CC8CN(c8cc(F)c(C%10CCC(=O)NC%10=O)c(F)c8)C9)CC7)C6)CC5)nc4c3F)c12. The number of pyridine rings is 1. The number of nitrogens with zero attached hydrogens (tertiary/aromatic N) is 7. The second kappa shape index (κ2) is 17.4. The van der Waals surface area contributed by atoms with Gasteiger partial charge in [0.25, 0.3) is 0 Å². The number of phenols is 1. The van der Waals surface area contributed by atoms with Crippen molar-refractivity contribution in [1.82, 2.24) is 35.4 Å². The molecule has 2 saturated carbocycles. The maximum absolute atomic E-state index is 17.2. The molecular formula is C55H60F5N9O4. The molecule has 4 bridgehead atoms.